The monoisotopic (exact) mass is 296 g/mol. The molecule has 20 heavy (non-hydrogen) atoms. The van der Waals surface area contributed by atoms with Gasteiger partial charge in [-0.15, -0.1) is 11.6 Å². The number of para-hydroxylation sites is 1. The fraction of sp³-hybridized carbons (Fsp3) is 0.429. The molecule has 2 aromatic rings. The van der Waals surface area contributed by atoms with Crippen LogP contribution in [-0.2, 0) is 15.4 Å². The van der Waals surface area contributed by atoms with E-state index in [-0.39, 0.29) is 11.8 Å². The summed E-state index contributed by atoms with van der Waals surface area (Å²) >= 11 is 5.95. The third kappa shape index (κ3) is 2.45. The van der Waals surface area contributed by atoms with Crippen LogP contribution >= 0.6 is 11.6 Å². The Morgan fingerprint density at radius 1 is 1.50 bits per heavy atom. The van der Waals surface area contributed by atoms with Crippen LogP contribution in [-0.4, -0.2) is 29.2 Å². The molecule has 0 saturated heterocycles. The van der Waals surface area contributed by atoms with Crippen molar-refractivity contribution in [2.45, 2.75) is 25.8 Å². The molecule has 0 N–H and O–H groups in total. The third-order valence-electron chi connectivity index (χ3n) is 3.11. The number of ether oxygens (including phenoxy) is 2. The van der Waals surface area contributed by atoms with Crippen molar-refractivity contribution in [3.63, 3.8) is 0 Å². The van der Waals surface area contributed by atoms with Crippen molar-refractivity contribution < 1.29 is 14.3 Å². The number of methoxy groups -OCH3 is 1. The molecule has 1 aromatic carbocycles. The van der Waals surface area contributed by atoms with Crippen LogP contribution in [0.1, 0.15) is 25.7 Å². The van der Waals surface area contributed by atoms with Gasteiger partial charge in [0.2, 0.25) is 0 Å². The first-order chi connectivity index (χ1) is 9.63. The van der Waals surface area contributed by atoms with Crippen LogP contribution in [0.3, 0.4) is 0 Å². The van der Waals surface area contributed by atoms with Crippen LogP contribution in [0.4, 0.5) is 0 Å². The predicted octanol–water partition coefficient (Wildman–Crippen LogP) is 2.91. The highest BCUT2D eigenvalue weighted by Crippen LogP contribution is 2.29. The summed E-state index contributed by atoms with van der Waals surface area (Å²) < 4.78 is 12.2. The third-order valence-corrected chi connectivity index (χ3v) is 3.35. The van der Waals surface area contributed by atoms with E-state index in [2.05, 4.69) is 4.98 Å². The van der Waals surface area contributed by atoms with E-state index in [9.17, 15) is 4.79 Å². The first kappa shape index (κ1) is 14.7. The van der Waals surface area contributed by atoms with Crippen molar-refractivity contribution in [1.29, 1.82) is 0 Å². The van der Waals surface area contributed by atoms with Crippen LogP contribution in [0, 0.1) is 0 Å². The number of rotatable bonds is 5. The average Bonchev–Trinajstić information content (AvgIpc) is 2.84. The number of halogens is 1. The molecule has 0 spiro atoms. The second-order valence-electron chi connectivity index (χ2n) is 4.29. The molecule has 0 amide bonds. The summed E-state index contributed by atoms with van der Waals surface area (Å²) in [5.74, 6) is 1.18. The van der Waals surface area contributed by atoms with Gasteiger partial charge in [0.1, 0.15) is 23.1 Å². The van der Waals surface area contributed by atoms with Crippen LogP contribution < -0.4 is 4.74 Å². The molecule has 5 nitrogen and oxygen atoms in total. The van der Waals surface area contributed by atoms with Gasteiger partial charge in [0, 0.05) is 0 Å². The van der Waals surface area contributed by atoms with Crippen molar-refractivity contribution in [2.75, 3.05) is 13.7 Å². The lowest BCUT2D eigenvalue weighted by Crippen LogP contribution is -2.20. The van der Waals surface area contributed by atoms with Gasteiger partial charge < -0.3 is 14.0 Å². The Hall–Kier alpha value is -1.75. The van der Waals surface area contributed by atoms with Gasteiger partial charge in [-0.1, -0.05) is 6.07 Å². The maximum Gasteiger partial charge on any atom is 0.328 e. The molecule has 0 aliphatic rings. The lowest BCUT2D eigenvalue weighted by molar-refractivity contribution is -0.146. The van der Waals surface area contributed by atoms with Gasteiger partial charge >= 0.3 is 5.97 Å². The summed E-state index contributed by atoms with van der Waals surface area (Å²) in [6.45, 7) is 3.89. The molecule has 0 fully saturated rings. The van der Waals surface area contributed by atoms with E-state index >= 15 is 0 Å². The second-order valence-corrected chi connectivity index (χ2v) is 4.55. The molecule has 1 aromatic heterocycles. The highest BCUT2D eigenvalue weighted by atomic mass is 35.5. The van der Waals surface area contributed by atoms with E-state index < -0.39 is 6.04 Å². The second kappa shape index (κ2) is 6.13. The Labute approximate surface area is 122 Å². The van der Waals surface area contributed by atoms with Gasteiger partial charge in [-0.05, 0) is 26.0 Å². The molecular formula is C14H17ClN2O3. The van der Waals surface area contributed by atoms with E-state index in [1.54, 1.807) is 25.5 Å². The van der Waals surface area contributed by atoms with Crippen LogP contribution in [0.15, 0.2) is 18.2 Å². The van der Waals surface area contributed by atoms with Gasteiger partial charge in [0.25, 0.3) is 0 Å². The Balaban J connectivity index is 2.59. The van der Waals surface area contributed by atoms with E-state index in [0.717, 1.165) is 5.52 Å². The number of fused-ring (bicyclic) bond motifs is 1. The number of hydrogen-bond donors (Lipinski definition) is 0. The maximum atomic E-state index is 12.0. The zero-order valence-corrected chi connectivity index (χ0v) is 12.5. The molecule has 1 atom stereocenters. The lowest BCUT2D eigenvalue weighted by Gasteiger charge is -2.15. The number of carbonyl (C=O) groups excluding carboxylic acids is 1. The van der Waals surface area contributed by atoms with Crippen LogP contribution in [0.5, 0.6) is 5.75 Å². The fourth-order valence-corrected chi connectivity index (χ4v) is 2.39. The summed E-state index contributed by atoms with van der Waals surface area (Å²) in [6, 6.07) is 5.08. The van der Waals surface area contributed by atoms with Gasteiger partial charge in [-0.2, -0.15) is 0 Å². The number of aromatic nitrogens is 2. The highest BCUT2D eigenvalue weighted by molar-refractivity contribution is 6.17. The number of imidazole rings is 1. The van der Waals surface area contributed by atoms with E-state index in [1.807, 2.05) is 18.2 Å². The van der Waals surface area contributed by atoms with Crippen molar-refractivity contribution in [1.82, 2.24) is 9.55 Å². The lowest BCUT2D eigenvalue weighted by atomic mass is 10.2. The molecule has 108 valence electrons. The molecule has 2 rings (SSSR count). The summed E-state index contributed by atoms with van der Waals surface area (Å²) in [6.07, 6.45) is 0. The molecule has 1 heterocycles. The minimum Gasteiger partial charge on any atom is -0.494 e. The topological polar surface area (TPSA) is 53.4 Å². The Bertz CT molecular complexity index is 624. The van der Waals surface area contributed by atoms with Gasteiger partial charge in [-0.3, -0.25) is 0 Å². The smallest absolute Gasteiger partial charge is 0.328 e. The number of benzene rings is 1. The minimum atomic E-state index is -0.485. The van der Waals surface area contributed by atoms with Crippen molar-refractivity contribution in [3.8, 4) is 5.75 Å². The zero-order chi connectivity index (χ0) is 14.7. The molecule has 0 aliphatic carbocycles. The molecular weight excluding hydrogens is 280 g/mol. The SMILES string of the molecule is CCOC(=O)C(C)n1c(CCl)nc2c(OC)cccc21. The molecule has 0 radical (unpaired) electrons. The van der Waals surface area contributed by atoms with Gasteiger partial charge in [0.15, 0.2) is 0 Å². The molecule has 1 unspecified atom stereocenters. The largest absolute Gasteiger partial charge is 0.494 e. The molecule has 0 aliphatic heterocycles. The zero-order valence-electron chi connectivity index (χ0n) is 11.7. The molecule has 6 heteroatoms. The highest BCUT2D eigenvalue weighted by Gasteiger charge is 2.23. The number of esters is 1. The summed E-state index contributed by atoms with van der Waals surface area (Å²) in [4.78, 5) is 16.4. The number of alkyl halides is 1. The van der Waals surface area contributed by atoms with E-state index in [4.69, 9.17) is 21.1 Å². The Kier molecular flexibility index (Phi) is 4.49. The fourth-order valence-electron chi connectivity index (χ4n) is 2.20. The quantitative estimate of drug-likeness (QED) is 0.629. The molecule has 0 saturated carbocycles. The van der Waals surface area contributed by atoms with Crippen LogP contribution in [0.2, 0.25) is 0 Å². The first-order valence-electron chi connectivity index (χ1n) is 6.40. The summed E-state index contributed by atoms with van der Waals surface area (Å²) in [5.41, 5.74) is 1.50. The van der Waals surface area contributed by atoms with Gasteiger partial charge in [0.05, 0.1) is 25.1 Å². The maximum absolute atomic E-state index is 12.0. The van der Waals surface area contributed by atoms with Crippen molar-refractivity contribution in [3.05, 3.63) is 24.0 Å². The van der Waals surface area contributed by atoms with Crippen molar-refractivity contribution >= 4 is 28.6 Å². The molecule has 0 bridgehead atoms. The van der Waals surface area contributed by atoms with E-state index in [0.29, 0.717) is 23.7 Å². The normalized spacial score (nSPS) is 12.4. The van der Waals surface area contributed by atoms with Crippen LogP contribution in [0.25, 0.3) is 11.0 Å². The Morgan fingerprint density at radius 3 is 2.85 bits per heavy atom. The first-order valence-corrected chi connectivity index (χ1v) is 6.93. The van der Waals surface area contributed by atoms with E-state index in [1.165, 1.54) is 0 Å². The average molecular weight is 297 g/mol. The van der Waals surface area contributed by atoms with Gasteiger partial charge in [-0.25, -0.2) is 9.78 Å². The number of nitrogens with zero attached hydrogens (tertiary/aromatic N) is 2. The summed E-state index contributed by atoms with van der Waals surface area (Å²) in [7, 11) is 1.59. The number of carbonyl (C=O) groups is 1. The predicted molar refractivity (Wildman–Crippen MR) is 77.2 cm³/mol. The van der Waals surface area contributed by atoms with Crippen molar-refractivity contribution in [2.24, 2.45) is 0 Å². The Morgan fingerprint density at radius 2 is 2.25 bits per heavy atom. The number of hydrogen-bond acceptors (Lipinski definition) is 4. The standard InChI is InChI=1S/C14H17ClN2O3/c1-4-20-14(18)9(2)17-10-6-5-7-11(19-3)13(10)16-12(17)8-15/h5-7,9H,4,8H2,1-3H3. The summed E-state index contributed by atoms with van der Waals surface area (Å²) in [5, 5.41) is 0. The minimum absolute atomic E-state index is 0.210.